The Morgan fingerprint density at radius 3 is 2.11 bits per heavy atom. The van der Waals surface area contributed by atoms with Gasteiger partial charge in [0.1, 0.15) is 0 Å². The highest BCUT2D eigenvalue weighted by Crippen LogP contribution is 2.29. The smallest absolute Gasteiger partial charge is 0.328 e. The molecule has 19 heavy (non-hydrogen) atoms. The van der Waals surface area contributed by atoms with Crippen molar-refractivity contribution in [3.63, 3.8) is 0 Å². The number of urea groups is 1. The average molecular weight is 274 g/mol. The fraction of sp³-hybridized carbons (Fsp3) is 0.333. The van der Waals surface area contributed by atoms with Crippen LogP contribution in [0, 0.1) is 0 Å². The van der Waals surface area contributed by atoms with Gasteiger partial charge in [-0.3, -0.25) is 4.79 Å². The van der Waals surface area contributed by atoms with E-state index in [0.717, 1.165) is 24.3 Å². The molecule has 0 aromatic heterocycles. The number of hydrogen-bond donors (Lipinski definition) is 2. The fourth-order valence-electron chi connectivity index (χ4n) is 1.21. The summed E-state index contributed by atoms with van der Waals surface area (Å²) in [5.74, 6) is -0.220. The molecular weight excluding hydrogens is 261 g/mol. The van der Waals surface area contributed by atoms with Gasteiger partial charge in [0, 0.05) is 5.69 Å². The lowest BCUT2D eigenvalue weighted by atomic mass is 10.2. The van der Waals surface area contributed by atoms with E-state index in [1.165, 1.54) is 13.8 Å². The summed E-state index contributed by atoms with van der Waals surface area (Å²) in [6, 6.07) is 2.70. The Balaban J connectivity index is 2.63. The number of carbonyl (C=O) groups excluding carboxylic acids is 2. The molecule has 2 amide bonds. The quantitative estimate of drug-likeness (QED) is 0.890. The van der Waals surface area contributed by atoms with E-state index in [-0.39, 0.29) is 11.5 Å². The third-order valence-corrected chi connectivity index (χ3v) is 2.43. The molecule has 4 nitrogen and oxygen atoms in total. The van der Waals surface area contributed by atoms with Crippen LogP contribution in [0.15, 0.2) is 24.3 Å². The first-order valence-electron chi connectivity index (χ1n) is 5.45. The van der Waals surface area contributed by atoms with Gasteiger partial charge < -0.3 is 10.6 Å². The number of hydrogen-bond acceptors (Lipinski definition) is 2. The molecule has 0 spiro atoms. The van der Waals surface area contributed by atoms with Crippen LogP contribution < -0.4 is 10.6 Å². The summed E-state index contributed by atoms with van der Waals surface area (Å²) in [5.41, 5.74) is -0.586. The predicted octanol–water partition coefficient (Wildman–Crippen LogP) is 2.80. The summed E-state index contributed by atoms with van der Waals surface area (Å²) in [5, 5.41) is 4.69. The van der Waals surface area contributed by atoms with Crippen molar-refractivity contribution in [2.75, 3.05) is 5.32 Å². The molecule has 0 radical (unpaired) electrons. The van der Waals surface area contributed by atoms with Crippen LogP contribution in [-0.4, -0.2) is 17.9 Å². The Morgan fingerprint density at radius 2 is 1.68 bits per heavy atom. The van der Waals surface area contributed by atoms with Crippen LogP contribution in [-0.2, 0) is 11.0 Å². The van der Waals surface area contributed by atoms with Crippen molar-refractivity contribution in [3.8, 4) is 0 Å². The molecule has 0 bridgehead atoms. The summed E-state index contributed by atoms with van der Waals surface area (Å²) < 4.78 is 36.9. The van der Waals surface area contributed by atoms with Crippen LogP contribution in [0.3, 0.4) is 0 Å². The minimum atomic E-state index is -4.41. The van der Waals surface area contributed by atoms with Crippen molar-refractivity contribution < 1.29 is 22.8 Å². The van der Waals surface area contributed by atoms with Crippen molar-refractivity contribution in [1.82, 2.24) is 5.32 Å². The highest BCUT2D eigenvalue weighted by molar-refractivity contribution is 5.93. The van der Waals surface area contributed by atoms with Crippen molar-refractivity contribution in [2.45, 2.75) is 26.1 Å². The number of Topliss-reactive ketones (excluding diaryl/α,β-unsaturated/α-hetero) is 1. The molecule has 0 heterocycles. The van der Waals surface area contributed by atoms with Gasteiger partial charge in [-0.25, -0.2) is 4.79 Å². The van der Waals surface area contributed by atoms with Gasteiger partial charge in [0.2, 0.25) is 0 Å². The molecular formula is C12H13F3N2O2. The fourth-order valence-corrected chi connectivity index (χ4v) is 1.21. The van der Waals surface area contributed by atoms with E-state index >= 15 is 0 Å². The van der Waals surface area contributed by atoms with Gasteiger partial charge in [-0.15, -0.1) is 0 Å². The Bertz CT molecular complexity index is 469. The van der Waals surface area contributed by atoms with Crippen LogP contribution in [0.1, 0.15) is 19.4 Å². The zero-order valence-electron chi connectivity index (χ0n) is 10.3. The van der Waals surface area contributed by atoms with Gasteiger partial charge >= 0.3 is 12.2 Å². The second kappa shape index (κ2) is 5.73. The van der Waals surface area contributed by atoms with Crippen molar-refractivity contribution >= 4 is 17.5 Å². The number of halogens is 3. The number of benzene rings is 1. The van der Waals surface area contributed by atoms with Gasteiger partial charge in [0.15, 0.2) is 5.78 Å². The third-order valence-electron chi connectivity index (χ3n) is 2.43. The van der Waals surface area contributed by atoms with E-state index in [0.29, 0.717) is 0 Å². The molecule has 0 fully saturated rings. The van der Waals surface area contributed by atoms with Crippen LogP contribution >= 0.6 is 0 Å². The zero-order valence-corrected chi connectivity index (χ0v) is 10.3. The van der Waals surface area contributed by atoms with Gasteiger partial charge in [0.05, 0.1) is 11.6 Å². The third kappa shape index (κ3) is 4.61. The summed E-state index contributed by atoms with van der Waals surface area (Å²) in [6.45, 7) is 2.83. The number of alkyl halides is 3. The van der Waals surface area contributed by atoms with Gasteiger partial charge in [-0.1, -0.05) is 0 Å². The topological polar surface area (TPSA) is 58.2 Å². The lowest BCUT2D eigenvalue weighted by Gasteiger charge is -2.12. The lowest BCUT2D eigenvalue weighted by Crippen LogP contribution is -2.39. The van der Waals surface area contributed by atoms with E-state index in [1.807, 2.05) is 0 Å². The van der Waals surface area contributed by atoms with Gasteiger partial charge in [0.25, 0.3) is 0 Å². The molecule has 0 aliphatic heterocycles. The number of carbonyl (C=O) groups is 2. The molecule has 7 heteroatoms. The number of nitrogens with one attached hydrogen (secondary N) is 2. The van der Waals surface area contributed by atoms with Crippen LogP contribution in [0.25, 0.3) is 0 Å². The summed E-state index contributed by atoms with van der Waals surface area (Å²) in [6.07, 6.45) is -4.41. The largest absolute Gasteiger partial charge is 0.416 e. The maximum atomic E-state index is 12.3. The molecule has 0 aliphatic rings. The highest BCUT2D eigenvalue weighted by Gasteiger charge is 2.29. The second-order valence-electron chi connectivity index (χ2n) is 4.01. The summed E-state index contributed by atoms with van der Waals surface area (Å²) in [4.78, 5) is 22.3. The molecule has 1 unspecified atom stereocenters. The van der Waals surface area contributed by atoms with E-state index in [9.17, 15) is 22.8 Å². The Hall–Kier alpha value is -2.05. The summed E-state index contributed by atoms with van der Waals surface area (Å²) in [7, 11) is 0. The molecule has 1 aromatic rings. The van der Waals surface area contributed by atoms with Gasteiger partial charge in [-0.2, -0.15) is 13.2 Å². The molecule has 1 rings (SSSR count). The SMILES string of the molecule is CC(=O)C(C)NC(=O)Nc1ccc(C(F)(F)F)cc1. The lowest BCUT2D eigenvalue weighted by molar-refractivity contribution is -0.137. The number of amides is 2. The molecule has 0 aliphatic carbocycles. The van der Waals surface area contributed by atoms with E-state index in [4.69, 9.17) is 0 Å². The first-order valence-corrected chi connectivity index (χ1v) is 5.45. The summed E-state index contributed by atoms with van der Waals surface area (Å²) >= 11 is 0. The molecule has 1 atom stereocenters. The maximum Gasteiger partial charge on any atom is 0.416 e. The van der Waals surface area contributed by atoms with E-state index in [2.05, 4.69) is 10.6 Å². The minimum absolute atomic E-state index is 0.209. The highest BCUT2D eigenvalue weighted by atomic mass is 19.4. The Morgan fingerprint density at radius 1 is 1.16 bits per heavy atom. The van der Waals surface area contributed by atoms with Crippen molar-refractivity contribution in [2.24, 2.45) is 0 Å². The Kier molecular flexibility index (Phi) is 4.52. The first-order chi connectivity index (χ1) is 8.70. The molecule has 1 aromatic carbocycles. The second-order valence-corrected chi connectivity index (χ2v) is 4.01. The number of ketones is 1. The zero-order chi connectivity index (χ0) is 14.6. The van der Waals surface area contributed by atoms with Crippen LogP contribution in [0.5, 0.6) is 0 Å². The van der Waals surface area contributed by atoms with Crippen molar-refractivity contribution in [3.05, 3.63) is 29.8 Å². The average Bonchev–Trinajstić information content (AvgIpc) is 2.28. The number of anilines is 1. The van der Waals surface area contributed by atoms with Crippen molar-refractivity contribution in [1.29, 1.82) is 0 Å². The Labute approximate surface area is 108 Å². The molecule has 104 valence electrons. The molecule has 0 saturated heterocycles. The van der Waals surface area contributed by atoms with Crippen LogP contribution in [0.2, 0.25) is 0 Å². The van der Waals surface area contributed by atoms with E-state index < -0.39 is 23.8 Å². The van der Waals surface area contributed by atoms with Crippen LogP contribution in [0.4, 0.5) is 23.7 Å². The molecule has 2 N–H and O–H groups in total. The van der Waals surface area contributed by atoms with E-state index in [1.54, 1.807) is 0 Å². The number of rotatable bonds is 3. The normalized spacial score (nSPS) is 12.7. The first kappa shape index (κ1) is 15.0. The standard InChI is InChI=1S/C12H13F3N2O2/c1-7(8(2)18)16-11(19)17-10-5-3-9(4-6-10)12(13,14)15/h3-7H,1-2H3,(H2,16,17,19). The van der Waals surface area contributed by atoms with Gasteiger partial charge in [-0.05, 0) is 38.1 Å². The predicted molar refractivity (Wildman–Crippen MR) is 63.7 cm³/mol. The monoisotopic (exact) mass is 274 g/mol. The minimum Gasteiger partial charge on any atom is -0.328 e. The maximum absolute atomic E-state index is 12.3. The molecule has 0 saturated carbocycles.